The van der Waals surface area contributed by atoms with Crippen LogP contribution in [0.5, 0.6) is 5.88 Å². The predicted octanol–water partition coefficient (Wildman–Crippen LogP) is 1.36. The van der Waals surface area contributed by atoms with E-state index in [-0.39, 0.29) is 0 Å². The molecule has 0 atom stereocenters. The Morgan fingerprint density at radius 2 is 2.06 bits per heavy atom. The molecule has 0 radical (unpaired) electrons. The summed E-state index contributed by atoms with van der Waals surface area (Å²) in [5.74, 6) is -0.425. The van der Waals surface area contributed by atoms with Crippen LogP contribution in [0.4, 0.5) is 18.6 Å². The zero-order valence-corrected chi connectivity index (χ0v) is 8.41. The molecule has 0 N–H and O–H groups in total. The molecule has 0 unspecified atom stereocenters. The van der Waals surface area contributed by atoms with Gasteiger partial charge in [-0.05, 0) is 6.92 Å². The number of hydrogen-bond acceptors (Lipinski definition) is 4. The normalized spacial score (nSPS) is 11.3. The Kier molecular flexibility index (Phi) is 3.06. The fourth-order valence-electron chi connectivity index (χ4n) is 1.28. The predicted molar refractivity (Wildman–Crippen MR) is 50.9 cm³/mol. The lowest BCUT2D eigenvalue weighted by Crippen LogP contribution is -2.37. The zero-order valence-electron chi connectivity index (χ0n) is 8.41. The van der Waals surface area contributed by atoms with Crippen LogP contribution in [0, 0.1) is 17.0 Å². The van der Waals surface area contributed by atoms with E-state index in [0.717, 1.165) is 14.0 Å². The van der Waals surface area contributed by atoms with Gasteiger partial charge in [0, 0.05) is 11.8 Å². The van der Waals surface area contributed by atoms with Crippen LogP contribution >= 0.6 is 0 Å². The summed E-state index contributed by atoms with van der Waals surface area (Å²) >= 11 is 0. The summed E-state index contributed by atoms with van der Waals surface area (Å²) in [6.45, 7) is -4.30. The molecule has 1 heterocycles. The second kappa shape index (κ2) is 3.99. The van der Waals surface area contributed by atoms with Crippen molar-refractivity contribution < 1.29 is 22.6 Å². The van der Waals surface area contributed by atoms with Crippen molar-refractivity contribution in [3.63, 3.8) is 0 Å². The minimum Gasteiger partial charge on any atom is -0.476 e. The summed E-state index contributed by atoms with van der Waals surface area (Å²) in [5, 5.41) is 10.6. The Morgan fingerprint density at radius 1 is 1.50 bits per heavy atom. The highest BCUT2D eigenvalue weighted by molar-refractivity contribution is 6.74. The maximum Gasteiger partial charge on any atom is 0.511 e. The number of hydrogen-bond donors (Lipinski definition) is 0. The molecular formula is C7H7BF3N2O3-. The first kappa shape index (κ1) is 12.3. The van der Waals surface area contributed by atoms with Crippen molar-refractivity contribution in [3.05, 3.63) is 21.9 Å². The Hall–Kier alpha value is -1.80. The van der Waals surface area contributed by atoms with Gasteiger partial charge >= 0.3 is 12.7 Å². The van der Waals surface area contributed by atoms with Crippen molar-refractivity contribution in [2.24, 2.45) is 0 Å². The molecule has 0 spiro atoms. The van der Waals surface area contributed by atoms with E-state index in [1.807, 2.05) is 0 Å². The Labute approximate surface area is 88.5 Å². The van der Waals surface area contributed by atoms with Gasteiger partial charge in [-0.2, -0.15) is 0 Å². The van der Waals surface area contributed by atoms with Crippen molar-refractivity contribution in [2.75, 3.05) is 7.11 Å². The van der Waals surface area contributed by atoms with Crippen LogP contribution in [0.15, 0.2) is 6.20 Å². The van der Waals surface area contributed by atoms with E-state index in [1.165, 1.54) is 0 Å². The molecular weight excluding hydrogens is 228 g/mol. The highest BCUT2D eigenvalue weighted by Crippen LogP contribution is 2.28. The fourth-order valence-corrected chi connectivity index (χ4v) is 1.28. The van der Waals surface area contributed by atoms with Gasteiger partial charge in [-0.15, -0.1) is 0 Å². The quantitative estimate of drug-likeness (QED) is 0.450. The largest absolute Gasteiger partial charge is 0.511 e. The van der Waals surface area contributed by atoms with Crippen LogP contribution in [0.25, 0.3) is 0 Å². The molecule has 16 heavy (non-hydrogen) atoms. The lowest BCUT2D eigenvalue weighted by Gasteiger charge is -2.17. The van der Waals surface area contributed by atoms with E-state index in [4.69, 9.17) is 0 Å². The van der Waals surface area contributed by atoms with Gasteiger partial charge in [0.25, 0.3) is 5.88 Å². The number of methoxy groups -OCH3 is 1. The third-order valence-corrected chi connectivity index (χ3v) is 2.04. The molecule has 0 saturated heterocycles. The summed E-state index contributed by atoms with van der Waals surface area (Å²) in [4.78, 5) is 12.9. The van der Waals surface area contributed by atoms with Crippen molar-refractivity contribution in [1.29, 1.82) is 0 Å². The number of nitrogens with zero attached hydrogens (tertiary/aromatic N) is 2. The summed E-state index contributed by atoms with van der Waals surface area (Å²) in [7, 11) is 1.10. The average Bonchev–Trinajstić information content (AvgIpc) is 2.14. The highest BCUT2D eigenvalue weighted by atomic mass is 19.4. The van der Waals surface area contributed by atoms with Crippen LogP contribution in [-0.2, 0) is 0 Å². The Bertz CT molecular complexity index is 436. The van der Waals surface area contributed by atoms with Gasteiger partial charge in [0.2, 0.25) is 0 Å². The van der Waals surface area contributed by atoms with Gasteiger partial charge in [-0.25, -0.2) is 4.98 Å². The fraction of sp³-hybridized carbons (Fsp3) is 0.286. The number of halogens is 3. The number of ether oxygens (including phenoxy) is 1. The molecule has 0 aromatic carbocycles. The molecule has 0 aliphatic carbocycles. The molecule has 1 aromatic rings. The van der Waals surface area contributed by atoms with Gasteiger partial charge in [0.15, 0.2) is 0 Å². The summed E-state index contributed by atoms with van der Waals surface area (Å²) in [6.07, 6.45) is 0.543. The van der Waals surface area contributed by atoms with Crippen LogP contribution in [0.3, 0.4) is 0 Å². The maximum absolute atomic E-state index is 12.5. The van der Waals surface area contributed by atoms with Gasteiger partial charge in [0.05, 0.1) is 12.0 Å². The van der Waals surface area contributed by atoms with E-state index < -0.39 is 34.5 Å². The molecule has 0 fully saturated rings. The van der Waals surface area contributed by atoms with Gasteiger partial charge in [0.1, 0.15) is 0 Å². The molecule has 0 bridgehead atoms. The van der Waals surface area contributed by atoms with Crippen molar-refractivity contribution >= 4 is 18.1 Å². The number of nitro groups is 1. The highest BCUT2D eigenvalue weighted by Gasteiger charge is 2.33. The van der Waals surface area contributed by atoms with E-state index in [1.54, 1.807) is 0 Å². The number of pyridine rings is 1. The standard InChI is InChI=1S/C7H7BF3N2O3/c1-4-5(8(9,10)11)3-12-7(16-2)6(4)13(14)15/h3H,1-2H3/q-1. The molecule has 1 aromatic heterocycles. The lowest BCUT2D eigenvalue weighted by molar-refractivity contribution is -0.386. The van der Waals surface area contributed by atoms with Crippen LogP contribution < -0.4 is 10.2 Å². The average molecular weight is 235 g/mol. The molecule has 0 aliphatic rings. The summed E-state index contributed by atoms with van der Waals surface area (Å²) in [5.41, 5.74) is -2.31. The lowest BCUT2D eigenvalue weighted by atomic mass is 9.78. The maximum atomic E-state index is 12.5. The van der Waals surface area contributed by atoms with Crippen LogP contribution in [0.1, 0.15) is 5.56 Å². The SMILES string of the molecule is COc1ncc([B-](F)(F)F)c(C)c1[N+](=O)[O-]. The topological polar surface area (TPSA) is 65.3 Å². The molecule has 9 heteroatoms. The molecule has 0 amide bonds. The van der Waals surface area contributed by atoms with E-state index in [9.17, 15) is 23.1 Å². The number of rotatable bonds is 3. The van der Waals surface area contributed by atoms with Crippen molar-refractivity contribution in [1.82, 2.24) is 4.98 Å². The first-order chi connectivity index (χ1) is 7.29. The third-order valence-electron chi connectivity index (χ3n) is 2.04. The molecule has 88 valence electrons. The first-order valence-corrected chi connectivity index (χ1v) is 4.16. The second-order valence-corrected chi connectivity index (χ2v) is 3.03. The minimum absolute atomic E-state index is 0.425. The summed E-state index contributed by atoms with van der Waals surface area (Å²) < 4.78 is 42.0. The third kappa shape index (κ3) is 2.07. The zero-order chi connectivity index (χ0) is 12.5. The van der Waals surface area contributed by atoms with E-state index in [2.05, 4.69) is 9.72 Å². The molecule has 1 rings (SSSR count). The Balaban J connectivity index is 3.50. The molecule has 0 saturated carbocycles. The van der Waals surface area contributed by atoms with E-state index in [0.29, 0.717) is 6.20 Å². The van der Waals surface area contributed by atoms with Crippen LogP contribution in [-0.4, -0.2) is 24.0 Å². The monoisotopic (exact) mass is 235 g/mol. The van der Waals surface area contributed by atoms with Crippen LogP contribution in [0.2, 0.25) is 0 Å². The minimum atomic E-state index is -5.32. The van der Waals surface area contributed by atoms with Crippen molar-refractivity contribution in [3.8, 4) is 5.88 Å². The smallest absolute Gasteiger partial charge is 0.476 e. The van der Waals surface area contributed by atoms with Gasteiger partial charge < -0.3 is 17.7 Å². The number of aromatic nitrogens is 1. The summed E-state index contributed by atoms with van der Waals surface area (Å²) in [6, 6.07) is 0. The van der Waals surface area contributed by atoms with Gasteiger partial charge in [-0.3, -0.25) is 10.1 Å². The Morgan fingerprint density at radius 3 is 2.44 bits per heavy atom. The van der Waals surface area contributed by atoms with E-state index >= 15 is 0 Å². The molecule has 5 nitrogen and oxygen atoms in total. The molecule has 0 aliphatic heterocycles. The first-order valence-electron chi connectivity index (χ1n) is 4.16. The van der Waals surface area contributed by atoms with Crippen molar-refractivity contribution in [2.45, 2.75) is 6.92 Å². The van der Waals surface area contributed by atoms with Gasteiger partial charge in [-0.1, -0.05) is 5.46 Å². The second-order valence-electron chi connectivity index (χ2n) is 3.03.